The van der Waals surface area contributed by atoms with E-state index in [0.29, 0.717) is 29.4 Å². The Kier molecular flexibility index (Phi) is 5.49. The van der Waals surface area contributed by atoms with Gasteiger partial charge in [0.1, 0.15) is 5.69 Å². The molecule has 1 aliphatic rings. The topological polar surface area (TPSA) is 75.5 Å². The number of amides is 2. The first-order valence-electron chi connectivity index (χ1n) is 10.8. The van der Waals surface area contributed by atoms with E-state index in [4.69, 9.17) is 0 Å². The van der Waals surface area contributed by atoms with Crippen molar-refractivity contribution in [3.8, 4) is 11.1 Å². The van der Waals surface area contributed by atoms with Crippen LogP contribution in [-0.2, 0) is 0 Å². The number of fused-ring (bicyclic) bond motifs is 1. The second kappa shape index (κ2) is 8.59. The first kappa shape index (κ1) is 20.5. The van der Waals surface area contributed by atoms with Crippen molar-refractivity contribution in [3.05, 3.63) is 83.1 Å². The first-order valence-corrected chi connectivity index (χ1v) is 11.7. The van der Waals surface area contributed by atoms with Gasteiger partial charge in [0.15, 0.2) is 4.96 Å². The van der Waals surface area contributed by atoms with E-state index in [1.165, 1.54) is 11.3 Å². The van der Waals surface area contributed by atoms with E-state index in [9.17, 15) is 9.59 Å². The lowest BCUT2D eigenvalue weighted by Gasteiger charge is -2.20. The quantitative estimate of drug-likeness (QED) is 0.446. The van der Waals surface area contributed by atoms with E-state index >= 15 is 0 Å². The summed E-state index contributed by atoms with van der Waals surface area (Å²) >= 11 is 1.50. The number of nitrogens with zero attached hydrogens (tertiary/aromatic N) is 2. The number of carbonyl (C=O) groups is 2. The largest absolute Gasteiger partial charge is 0.349 e. The average molecular weight is 445 g/mol. The molecule has 7 heteroatoms. The molecule has 1 saturated carbocycles. The van der Waals surface area contributed by atoms with Gasteiger partial charge in [0.2, 0.25) is 0 Å². The Balaban J connectivity index is 1.31. The van der Waals surface area contributed by atoms with Crippen LogP contribution in [0, 0.1) is 12.8 Å². The van der Waals surface area contributed by atoms with Crippen LogP contribution in [0.15, 0.2) is 66.2 Å². The van der Waals surface area contributed by atoms with Crippen molar-refractivity contribution in [1.82, 2.24) is 20.0 Å². The van der Waals surface area contributed by atoms with Gasteiger partial charge in [0.25, 0.3) is 11.8 Å². The Morgan fingerprint density at radius 3 is 2.62 bits per heavy atom. The van der Waals surface area contributed by atoms with Gasteiger partial charge >= 0.3 is 0 Å². The Morgan fingerprint density at radius 2 is 1.84 bits per heavy atom. The highest BCUT2D eigenvalue weighted by Gasteiger charge is 2.33. The van der Waals surface area contributed by atoms with E-state index in [1.54, 1.807) is 0 Å². The number of thiazole rings is 1. The number of hydrogen-bond acceptors (Lipinski definition) is 4. The number of nitrogens with one attached hydrogen (secondary N) is 2. The van der Waals surface area contributed by atoms with Crippen molar-refractivity contribution in [2.24, 2.45) is 5.92 Å². The molecule has 0 saturated heterocycles. The van der Waals surface area contributed by atoms with Crippen LogP contribution >= 0.6 is 11.3 Å². The zero-order valence-corrected chi connectivity index (χ0v) is 18.6. The molecular weight excluding hydrogens is 420 g/mol. The van der Waals surface area contributed by atoms with Crippen molar-refractivity contribution >= 4 is 28.1 Å². The normalized spacial score (nSPS) is 14.3. The lowest BCUT2D eigenvalue weighted by molar-refractivity contribution is 0.0901. The van der Waals surface area contributed by atoms with E-state index < -0.39 is 0 Å². The maximum absolute atomic E-state index is 13.2. The summed E-state index contributed by atoms with van der Waals surface area (Å²) < 4.78 is 1.82. The zero-order valence-electron chi connectivity index (χ0n) is 17.7. The van der Waals surface area contributed by atoms with Gasteiger partial charge < -0.3 is 10.6 Å². The average Bonchev–Trinajstić information content (AvgIpc) is 3.49. The highest BCUT2D eigenvalue weighted by molar-refractivity contribution is 7.15. The van der Waals surface area contributed by atoms with Gasteiger partial charge in [-0.05, 0) is 42.9 Å². The molecule has 32 heavy (non-hydrogen) atoms. The molecule has 2 aromatic carbocycles. The Morgan fingerprint density at radius 1 is 1.09 bits per heavy atom. The zero-order chi connectivity index (χ0) is 22.1. The van der Waals surface area contributed by atoms with Gasteiger partial charge in [-0.2, -0.15) is 0 Å². The fraction of sp³-hybridized carbons (Fsp3) is 0.240. The molecule has 2 N–H and O–H groups in total. The number of aryl methyl sites for hydroxylation is 1. The maximum atomic E-state index is 13.2. The third-order valence-electron chi connectivity index (χ3n) is 5.90. The molecule has 0 spiro atoms. The maximum Gasteiger partial charge on any atom is 0.270 e. The minimum Gasteiger partial charge on any atom is -0.349 e. The third kappa shape index (κ3) is 4.03. The Hall–Kier alpha value is -3.45. The van der Waals surface area contributed by atoms with Crippen LogP contribution in [0.4, 0.5) is 0 Å². The molecule has 0 unspecified atom stereocenters. The summed E-state index contributed by atoms with van der Waals surface area (Å²) in [7, 11) is 0. The highest BCUT2D eigenvalue weighted by Crippen LogP contribution is 2.33. The number of imidazole rings is 1. The summed E-state index contributed by atoms with van der Waals surface area (Å²) in [5, 5.41) is 8.11. The van der Waals surface area contributed by atoms with Crippen molar-refractivity contribution in [1.29, 1.82) is 0 Å². The molecule has 1 atom stereocenters. The summed E-state index contributed by atoms with van der Waals surface area (Å²) in [6.45, 7) is 2.23. The molecule has 2 amide bonds. The summed E-state index contributed by atoms with van der Waals surface area (Å²) in [5.41, 5.74) is 3.81. The molecule has 0 bridgehead atoms. The number of benzene rings is 2. The SMILES string of the molecule is Cc1nc2sccn2c1C(=O)NC[C@H](NC(=O)c1ccccc1-c1ccccc1)C1CC1. The van der Waals surface area contributed by atoms with Crippen LogP contribution in [0.5, 0.6) is 0 Å². The summed E-state index contributed by atoms with van der Waals surface area (Å²) in [6, 6.07) is 17.4. The molecule has 1 aliphatic carbocycles. The lowest BCUT2D eigenvalue weighted by atomic mass is 9.99. The fourth-order valence-electron chi connectivity index (χ4n) is 4.08. The van der Waals surface area contributed by atoms with Crippen LogP contribution < -0.4 is 10.6 Å². The van der Waals surface area contributed by atoms with Crippen molar-refractivity contribution in [3.63, 3.8) is 0 Å². The van der Waals surface area contributed by atoms with Gasteiger partial charge in [-0.1, -0.05) is 48.5 Å². The Bertz CT molecular complexity index is 1270. The predicted molar refractivity (Wildman–Crippen MR) is 126 cm³/mol. The van der Waals surface area contributed by atoms with Gasteiger partial charge in [0.05, 0.1) is 5.69 Å². The van der Waals surface area contributed by atoms with E-state index in [0.717, 1.165) is 28.9 Å². The lowest BCUT2D eigenvalue weighted by Crippen LogP contribution is -2.45. The summed E-state index contributed by atoms with van der Waals surface area (Å²) in [4.78, 5) is 31.4. The van der Waals surface area contributed by atoms with Crippen LogP contribution in [-0.4, -0.2) is 33.8 Å². The molecule has 0 radical (unpaired) electrons. The third-order valence-corrected chi connectivity index (χ3v) is 6.65. The van der Waals surface area contributed by atoms with Crippen molar-refractivity contribution in [2.45, 2.75) is 25.8 Å². The number of rotatable bonds is 7. The summed E-state index contributed by atoms with van der Waals surface area (Å²) in [6.07, 6.45) is 3.97. The molecular formula is C25H24N4O2S. The van der Waals surface area contributed by atoms with Gasteiger partial charge in [-0.15, -0.1) is 11.3 Å². The molecule has 4 aromatic rings. The molecule has 2 aromatic heterocycles. The van der Waals surface area contributed by atoms with E-state index in [2.05, 4.69) is 15.6 Å². The molecule has 6 nitrogen and oxygen atoms in total. The molecule has 0 aliphatic heterocycles. The highest BCUT2D eigenvalue weighted by atomic mass is 32.1. The van der Waals surface area contributed by atoms with Crippen LogP contribution in [0.25, 0.3) is 16.1 Å². The van der Waals surface area contributed by atoms with Crippen molar-refractivity contribution < 1.29 is 9.59 Å². The Labute approximate surface area is 190 Å². The van der Waals surface area contributed by atoms with Crippen LogP contribution in [0.1, 0.15) is 39.4 Å². The second-order valence-electron chi connectivity index (χ2n) is 8.14. The van der Waals surface area contributed by atoms with E-state index in [-0.39, 0.29) is 17.9 Å². The minimum atomic E-state index is -0.169. The summed E-state index contributed by atoms with van der Waals surface area (Å²) in [5.74, 6) is 0.102. The minimum absolute atomic E-state index is 0.110. The predicted octanol–water partition coefficient (Wildman–Crippen LogP) is 4.31. The van der Waals surface area contributed by atoms with Gasteiger partial charge in [0, 0.05) is 29.7 Å². The van der Waals surface area contributed by atoms with Gasteiger partial charge in [-0.3, -0.25) is 14.0 Å². The standard InChI is InChI=1S/C25H24N4O2S/c1-16-22(29-13-14-32-25(29)27-16)24(31)26-15-21(18-11-12-18)28-23(30)20-10-6-5-9-19(20)17-7-3-2-4-8-17/h2-10,13-14,18,21H,11-12,15H2,1H3,(H,26,31)(H,28,30)/t21-/m0/s1. The first-order chi connectivity index (χ1) is 15.6. The second-order valence-corrected chi connectivity index (χ2v) is 9.01. The van der Waals surface area contributed by atoms with E-state index in [1.807, 2.05) is 77.5 Å². The fourth-order valence-corrected chi connectivity index (χ4v) is 4.84. The molecule has 1 fully saturated rings. The van der Waals surface area contributed by atoms with Crippen LogP contribution in [0.3, 0.4) is 0 Å². The smallest absolute Gasteiger partial charge is 0.270 e. The molecule has 2 heterocycles. The molecule has 162 valence electrons. The number of carbonyl (C=O) groups excluding carboxylic acids is 2. The number of hydrogen-bond donors (Lipinski definition) is 2. The monoisotopic (exact) mass is 444 g/mol. The van der Waals surface area contributed by atoms with Crippen molar-refractivity contribution in [2.75, 3.05) is 6.54 Å². The van der Waals surface area contributed by atoms with Gasteiger partial charge in [-0.25, -0.2) is 4.98 Å². The molecule has 5 rings (SSSR count). The van der Waals surface area contributed by atoms with Crippen LogP contribution in [0.2, 0.25) is 0 Å². The number of aromatic nitrogens is 2.